The van der Waals surface area contributed by atoms with Crippen LogP contribution < -0.4 is 5.32 Å². The first-order valence-electron chi connectivity index (χ1n) is 5.36. The number of rotatable bonds is 4. The van der Waals surface area contributed by atoms with Crippen LogP contribution in [-0.2, 0) is 9.59 Å². The lowest BCUT2D eigenvalue weighted by molar-refractivity contribution is -0.385. The number of nitro groups is 1. The van der Waals surface area contributed by atoms with Gasteiger partial charge in [-0.2, -0.15) is 0 Å². The van der Waals surface area contributed by atoms with E-state index in [9.17, 15) is 19.7 Å². The van der Waals surface area contributed by atoms with Gasteiger partial charge in [0.2, 0.25) is 5.91 Å². The van der Waals surface area contributed by atoms with E-state index in [1.807, 2.05) is 0 Å². The maximum Gasteiger partial charge on any atom is 0.274 e. The molecule has 0 atom stereocenters. The number of amides is 1. The van der Waals surface area contributed by atoms with E-state index in [-0.39, 0.29) is 17.9 Å². The zero-order valence-corrected chi connectivity index (χ0v) is 10.4. The van der Waals surface area contributed by atoms with Gasteiger partial charge in [0.25, 0.3) is 5.69 Å². The minimum Gasteiger partial charge on any atom is -0.325 e. The van der Waals surface area contributed by atoms with E-state index in [0.717, 1.165) is 5.56 Å². The van der Waals surface area contributed by atoms with Gasteiger partial charge in [0.1, 0.15) is 5.78 Å². The van der Waals surface area contributed by atoms with E-state index in [4.69, 9.17) is 0 Å². The highest BCUT2D eigenvalue weighted by Crippen LogP contribution is 2.26. The summed E-state index contributed by atoms with van der Waals surface area (Å²) in [5, 5.41) is 13.3. The number of nitrogens with zero attached hydrogens (tertiary/aromatic N) is 1. The van der Waals surface area contributed by atoms with Crippen molar-refractivity contribution in [2.45, 2.75) is 27.2 Å². The van der Waals surface area contributed by atoms with Gasteiger partial charge in [0.05, 0.1) is 17.0 Å². The molecule has 18 heavy (non-hydrogen) atoms. The van der Waals surface area contributed by atoms with Gasteiger partial charge >= 0.3 is 0 Å². The number of carbonyl (C=O) groups is 2. The average molecular weight is 250 g/mol. The van der Waals surface area contributed by atoms with Crippen LogP contribution in [0, 0.1) is 24.0 Å². The normalized spacial score (nSPS) is 9.94. The summed E-state index contributed by atoms with van der Waals surface area (Å²) in [5.41, 5.74) is 1.55. The highest BCUT2D eigenvalue weighted by molar-refractivity contribution is 6.03. The zero-order valence-electron chi connectivity index (χ0n) is 10.4. The molecular weight excluding hydrogens is 236 g/mol. The maximum atomic E-state index is 11.4. The summed E-state index contributed by atoms with van der Waals surface area (Å²) in [5.74, 6) is -0.726. The molecule has 0 aliphatic carbocycles. The molecule has 0 saturated carbocycles. The molecule has 1 rings (SSSR count). The van der Waals surface area contributed by atoms with Gasteiger partial charge in [0.15, 0.2) is 0 Å². The number of nitrogens with one attached hydrogen (secondary N) is 1. The van der Waals surface area contributed by atoms with Gasteiger partial charge < -0.3 is 5.32 Å². The standard InChI is InChI=1S/C12H14N2O4/c1-7-4-8(2)11(14(17)18)6-10(7)13-12(16)5-9(3)15/h4,6H,5H2,1-3H3,(H,13,16). The Hall–Kier alpha value is -2.24. The van der Waals surface area contributed by atoms with Crippen molar-refractivity contribution in [3.8, 4) is 0 Å². The molecule has 1 aromatic rings. The molecule has 96 valence electrons. The summed E-state index contributed by atoms with van der Waals surface area (Å²) < 4.78 is 0. The third kappa shape index (κ3) is 3.38. The molecule has 0 aliphatic rings. The Morgan fingerprint density at radius 3 is 2.39 bits per heavy atom. The Bertz CT molecular complexity index is 523. The molecule has 0 bridgehead atoms. The van der Waals surface area contributed by atoms with Gasteiger partial charge in [0, 0.05) is 11.6 Å². The van der Waals surface area contributed by atoms with Crippen molar-refractivity contribution in [2.24, 2.45) is 0 Å². The van der Waals surface area contributed by atoms with Crippen LogP contribution in [0.3, 0.4) is 0 Å². The molecule has 0 heterocycles. The van der Waals surface area contributed by atoms with Crippen molar-refractivity contribution in [2.75, 3.05) is 5.32 Å². The number of Topliss-reactive ketones (excluding diaryl/α,β-unsaturated/α-hetero) is 1. The van der Waals surface area contributed by atoms with Crippen molar-refractivity contribution < 1.29 is 14.5 Å². The summed E-state index contributed by atoms with van der Waals surface area (Å²) in [7, 11) is 0. The van der Waals surface area contributed by atoms with Gasteiger partial charge in [-0.05, 0) is 32.4 Å². The predicted octanol–water partition coefficient (Wildman–Crippen LogP) is 2.13. The van der Waals surface area contributed by atoms with E-state index in [1.165, 1.54) is 13.0 Å². The lowest BCUT2D eigenvalue weighted by Gasteiger charge is -2.09. The summed E-state index contributed by atoms with van der Waals surface area (Å²) >= 11 is 0. The van der Waals surface area contributed by atoms with E-state index in [0.29, 0.717) is 11.3 Å². The molecule has 0 spiro atoms. The smallest absolute Gasteiger partial charge is 0.274 e. The topological polar surface area (TPSA) is 89.3 Å². The third-order valence-corrected chi connectivity index (χ3v) is 2.42. The first-order valence-corrected chi connectivity index (χ1v) is 5.36. The summed E-state index contributed by atoms with van der Waals surface area (Å²) in [4.78, 5) is 32.5. The molecule has 6 heteroatoms. The second-order valence-corrected chi connectivity index (χ2v) is 4.14. The molecule has 0 unspecified atom stereocenters. The van der Waals surface area contributed by atoms with Crippen LogP contribution in [0.5, 0.6) is 0 Å². The minimum absolute atomic E-state index is 0.0567. The van der Waals surface area contributed by atoms with Crippen LogP contribution in [0.15, 0.2) is 12.1 Å². The Labute approximate surface area is 104 Å². The van der Waals surface area contributed by atoms with Crippen molar-refractivity contribution >= 4 is 23.1 Å². The molecule has 0 radical (unpaired) electrons. The van der Waals surface area contributed by atoms with E-state index in [1.54, 1.807) is 19.9 Å². The second-order valence-electron chi connectivity index (χ2n) is 4.14. The number of aryl methyl sites for hydroxylation is 2. The third-order valence-electron chi connectivity index (χ3n) is 2.42. The van der Waals surface area contributed by atoms with Crippen molar-refractivity contribution in [3.05, 3.63) is 33.4 Å². The Balaban J connectivity index is 3.02. The van der Waals surface area contributed by atoms with Gasteiger partial charge in [-0.1, -0.05) is 0 Å². The maximum absolute atomic E-state index is 11.4. The first-order chi connectivity index (χ1) is 8.31. The van der Waals surface area contributed by atoms with Crippen LogP contribution >= 0.6 is 0 Å². The van der Waals surface area contributed by atoms with Crippen LogP contribution in [0.2, 0.25) is 0 Å². The van der Waals surface area contributed by atoms with Crippen molar-refractivity contribution in [1.29, 1.82) is 0 Å². The molecule has 0 saturated heterocycles. The monoisotopic (exact) mass is 250 g/mol. The predicted molar refractivity (Wildman–Crippen MR) is 66.5 cm³/mol. The second kappa shape index (κ2) is 5.39. The minimum atomic E-state index is -0.505. The van der Waals surface area contributed by atoms with Gasteiger partial charge in [-0.25, -0.2) is 0 Å². The summed E-state index contributed by atoms with van der Waals surface area (Å²) in [6, 6.07) is 2.93. The SMILES string of the molecule is CC(=O)CC(=O)Nc1cc([N+](=O)[O-])c(C)cc1C. The van der Waals surface area contributed by atoms with Crippen LogP contribution in [0.4, 0.5) is 11.4 Å². The lowest BCUT2D eigenvalue weighted by Crippen LogP contribution is -2.15. The number of anilines is 1. The average Bonchev–Trinajstić information content (AvgIpc) is 2.20. The fourth-order valence-corrected chi connectivity index (χ4v) is 1.59. The molecule has 1 N–H and O–H groups in total. The van der Waals surface area contributed by atoms with E-state index < -0.39 is 10.8 Å². The highest BCUT2D eigenvalue weighted by atomic mass is 16.6. The number of hydrogen-bond donors (Lipinski definition) is 1. The first kappa shape index (κ1) is 13.8. The largest absolute Gasteiger partial charge is 0.325 e. The Morgan fingerprint density at radius 2 is 1.89 bits per heavy atom. The van der Waals surface area contributed by atoms with E-state index in [2.05, 4.69) is 5.32 Å². The highest BCUT2D eigenvalue weighted by Gasteiger charge is 2.15. The number of ketones is 1. The van der Waals surface area contributed by atoms with Gasteiger partial charge in [-0.3, -0.25) is 19.7 Å². The quantitative estimate of drug-likeness (QED) is 0.503. The van der Waals surface area contributed by atoms with Crippen LogP contribution in [0.25, 0.3) is 0 Å². The van der Waals surface area contributed by atoms with E-state index >= 15 is 0 Å². The zero-order chi connectivity index (χ0) is 13.9. The number of hydrogen-bond acceptors (Lipinski definition) is 4. The molecular formula is C12H14N2O4. The number of carbonyl (C=O) groups excluding carboxylic acids is 2. The molecule has 1 aromatic carbocycles. The summed E-state index contributed by atoms with van der Waals surface area (Å²) in [6.45, 7) is 4.68. The molecule has 6 nitrogen and oxygen atoms in total. The molecule has 0 aromatic heterocycles. The fourth-order valence-electron chi connectivity index (χ4n) is 1.59. The fraction of sp³-hybridized carbons (Fsp3) is 0.333. The molecule has 1 amide bonds. The lowest BCUT2D eigenvalue weighted by atomic mass is 10.1. The van der Waals surface area contributed by atoms with Crippen LogP contribution in [-0.4, -0.2) is 16.6 Å². The Morgan fingerprint density at radius 1 is 1.28 bits per heavy atom. The summed E-state index contributed by atoms with van der Waals surface area (Å²) in [6.07, 6.45) is -0.235. The molecule has 0 fully saturated rings. The van der Waals surface area contributed by atoms with Gasteiger partial charge in [-0.15, -0.1) is 0 Å². The number of nitro benzene ring substituents is 1. The van der Waals surface area contributed by atoms with Crippen LogP contribution in [0.1, 0.15) is 24.5 Å². The number of benzene rings is 1. The Kier molecular flexibility index (Phi) is 4.14. The van der Waals surface area contributed by atoms with Crippen molar-refractivity contribution in [3.63, 3.8) is 0 Å². The molecule has 0 aliphatic heterocycles. The van der Waals surface area contributed by atoms with Crippen molar-refractivity contribution in [1.82, 2.24) is 0 Å².